The first-order chi connectivity index (χ1) is 7.22. The summed E-state index contributed by atoms with van der Waals surface area (Å²) in [7, 11) is 0. The zero-order chi connectivity index (χ0) is 10.8. The number of aliphatic hydroxyl groups is 1. The van der Waals surface area contributed by atoms with Crippen molar-refractivity contribution >= 4 is 5.91 Å². The number of rotatable bonds is 1. The Morgan fingerprint density at radius 2 is 2.27 bits per heavy atom. The molecule has 3 heteroatoms. The smallest absolute Gasteiger partial charge is 0.296 e. The van der Waals surface area contributed by atoms with Crippen LogP contribution in [0.2, 0.25) is 0 Å². The van der Waals surface area contributed by atoms with Gasteiger partial charge in [0.1, 0.15) is 0 Å². The number of carbonyl (C=O) groups excluding carboxylic acids is 1. The van der Waals surface area contributed by atoms with Crippen LogP contribution in [0.3, 0.4) is 0 Å². The van der Waals surface area contributed by atoms with Crippen LogP contribution < -0.4 is 5.32 Å². The Labute approximate surface area is 88.1 Å². The van der Waals surface area contributed by atoms with Gasteiger partial charge in [0, 0.05) is 6.42 Å². The van der Waals surface area contributed by atoms with E-state index in [1.54, 1.807) is 0 Å². The zero-order valence-corrected chi connectivity index (χ0v) is 8.10. The van der Waals surface area contributed by atoms with Crippen LogP contribution >= 0.6 is 0 Å². The molecule has 2 atom stereocenters. The minimum absolute atomic E-state index is 0.371. The van der Waals surface area contributed by atoms with Gasteiger partial charge in [-0.1, -0.05) is 24.3 Å². The first kappa shape index (κ1) is 9.75. The molecule has 2 N–H and O–H groups in total. The molecule has 3 nitrogen and oxygen atoms in total. The Hall–Kier alpha value is -1.79. The number of aliphatic hydroxyl groups excluding tert-OH is 1. The number of hydrogen-bond acceptors (Lipinski definition) is 2. The predicted octanol–water partition coefficient (Wildman–Crippen LogP) is 0.394. The highest BCUT2D eigenvalue weighted by Gasteiger charge is 2.31. The van der Waals surface area contributed by atoms with E-state index in [1.807, 2.05) is 30.2 Å². The third-order valence-electron chi connectivity index (χ3n) is 2.62. The molecule has 1 aromatic rings. The summed E-state index contributed by atoms with van der Waals surface area (Å²) >= 11 is 0. The maximum absolute atomic E-state index is 11.1. The summed E-state index contributed by atoms with van der Waals surface area (Å²) < 4.78 is 0. The molecule has 76 valence electrons. The monoisotopic (exact) mass is 201 g/mol. The van der Waals surface area contributed by atoms with Crippen LogP contribution in [0.4, 0.5) is 0 Å². The van der Waals surface area contributed by atoms with Crippen molar-refractivity contribution in [2.24, 2.45) is 0 Å². The van der Waals surface area contributed by atoms with Crippen LogP contribution in [-0.2, 0) is 11.2 Å². The lowest BCUT2D eigenvalue weighted by Crippen LogP contribution is -2.32. The van der Waals surface area contributed by atoms with Gasteiger partial charge >= 0.3 is 0 Å². The van der Waals surface area contributed by atoms with Gasteiger partial charge in [0.2, 0.25) is 0 Å². The van der Waals surface area contributed by atoms with Crippen LogP contribution in [0.15, 0.2) is 24.3 Å². The van der Waals surface area contributed by atoms with E-state index in [-0.39, 0.29) is 6.04 Å². The third-order valence-corrected chi connectivity index (χ3v) is 2.62. The van der Waals surface area contributed by atoms with Crippen molar-refractivity contribution in [3.63, 3.8) is 0 Å². The second-order valence-corrected chi connectivity index (χ2v) is 3.57. The molecule has 0 unspecified atom stereocenters. The topological polar surface area (TPSA) is 49.3 Å². The molecule has 0 spiro atoms. The summed E-state index contributed by atoms with van der Waals surface area (Å²) in [5, 5.41) is 12.4. The van der Waals surface area contributed by atoms with E-state index in [0.717, 1.165) is 11.1 Å². The molecular weight excluding hydrogens is 190 g/mol. The van der Waals surface area contributed by atoms with E-state index in [0.29, 0.717) is 6.42 Å². The molecule has 1 aliphatic rings. The molecule has 0 fully saturated rings. The van der Waals surface area contributed by atoms with Crippen LogP contribution in [0.5, 0.6) is 0 Å². The number of fused-ring (bicyclic) bond motifs is 1. The van der Waals surface area contributed by atoms with Gasteiger partial charge in [-0.05, 0) is 17.0 Å². The SMILES string of the molecule is C#CC(=O)N[C@H]1c2ccccc2C[C@H]1O. The van der Waals surface area contributed by atoms with Crippen molar-refractivity contribution in [3.8, 4) is 12.3 Å². The normalized spacial score (nSPS) is 22.9. The van der Waals surface area contributed by atoms with Gasteiger partial charge in [-0.2, -0.15) is 0 Å². The van der Waals surface area contributed by atoms with E-state index in [9.17, 15) is 9.90 Å². The molecule has 2 rings (SSSR count). The lowest BCUT2D eigenvalue weighted by molar-refractivity contribution is -0.117. The fourth-order valence-electron chi connectivity index (χ4n) is 1.93. The van der Waals surface area contributed by atoms with Crippen molar-refractivity contribution < 1.29 is 9.90 Å². The van der Waals surface area contributed by atoms with Gasteiger partial charge in [0.15, 0.2) is 0 Å². The zero-order valence-electron chi connectivity index (χ0n) is 8.10. The highest BCUT2D eigenvalue weighted by molar-refractivity contribution is 5.93. The second kappa shape index (κ2) is 3.76. The molecule has 1 aromatic carbocycles. The lowest BCUT2D eigenvalue weighted by Gasteiger charge is -2.15. The molecule has 0 radical (unpaired) electrons. The molecule has 0 saturated heterocycles. The van der Waals surface area contributed by atoms with Gasteiger partial charge < -0.3 is 10.4 Å². The first-order valence-electron chi connectivity index (χ1n) is 4.75. The van der Waals surface area contributed by atoms with Crippen molar-refractivity contribution in [2.75, 3.05) is 0 Å². The van der Waals surface area contributed by atoms with Crippen LogP contribution in [0.1, 0.15) is 17.2 Å². The van der Waals surface area contributed by atoms with Crippen LogP contribution in [-0.4, -0.2) is 17.1 Å². The Morgan fingerprint density at radius 3 is 3.00 bits per heavy atom. The average molecular weight is 201 g/mol. The molecule has 0 aliphatic heterocycles. The van der Waals surface area contributed by atoms with Gasteiger partial charge in [-0.3, -0.25) is 4.79 Å². The van der Waals surface area contributed by atoms with Crippen LogP contribution in [0, 0.1) is 12.3 Å². The van der Waals surface area contributed by atoms with E-state index in [1.165, 1.54) is 0 Å². The highest BCUT2D eigenvalue weighted by atomic mass is 16.3. The summed E-state index contributed by atoms with van der Waals surface area (Å²) in [6.07, 6.45) is 4.95. The summed E-state index contributed by atoms with van der Waals surface area (Å²) in [6, 6.07) is 7.26. The fraction of sp³-hybridized carbons (Fsp3) is 0.250. The maximum Gasteiger partial charge on any atom is 0.296 e. The van der Waals surface area contributed by atoms with E-state index >= 15 is 0 Å². The third kappa shape index (κ3) is 1.72. The van der Waals surface area contributed by atoms with Crippen molar-refractivity contribution in [1.29, 1.82) is 0 Å². The first-order valence-corrected chi connectivity index (χ1v) is 4.75. The number of hydrogen-bond donors (Lipinski definition) is 2. The number of nitrogens with one attached hydrogen (secondary N) is 1. The summed E-state index contributed by atoms with van der Waals surface area (Å²) in [5.74, 6) is 1.49. The minimum atomic E-state index is -0.584. The van der Waals surface area contributed by atoms with Crippen molar-refractivity contribution in [2.45, 2.75) is 18.6 Å². The number of benzene rings is 1. The number of amides is 1. The summed E-state index contributed by atoms with van der Waals surface area (Å²) in [4.78, 5) is 11.1. The molecule has 0 saturated carbocycles. The van der Waals surface area contributed by atoms with Crippen molar-refractivity contribution in [3.05, 3.63) is 35.4 Å². The maximum atomic E-state index is 11.1. The number of terminal acetylenes is 1. The van der Waals surface area contributed by atoms with E-state index in [2.05, 4.69) is 5.32 Å². The molecule has 0 bridgehead atoms. The quantitative estimate of drug-likeness (QED) is 0.646. The van der Waals surface area contributed by atoms with E-state index in [4.69, 9.17) is 6.42 Å². The molecule has 1 aliphatic carbocycles. The van der Waals surface area contributed by atoms with Crippen LogP contribution in [0.25, 0.3) is 0 Å². The molecular formula is C12H11NO2. The molecule has 1 amide bonds. The Morgan fingerprint density at radius 1 is 1.53 bits per heavy atom. The summed E-state index contributed by atoms with van der Waals surface area (Å²) in [6.45, 7) is 0. The van der Waals surface area contributed by atoms with Gasteiger partial charge in [-0.15, -0.1) is 6.42 Å². The average Bonchev–Trinajstić information content (AvgIpc) is 2.55. The Bertz CT molecular complexity index is 433. The number of carbonyl (C=O) groups is 1. The van der Waals surface area contributed by atoms with Gasteiger partial charge in [0.05, 0.1) is 12.1 Å². The largest absolute Gasteiger partial charge is 0.390 e. The van der Waals surface area contributed by atoms with Gasteiger partial charge in [-0.25, -0.2) is 0 Å². The minimum Gasteiger partial charge on any atom is -0.390 e. The van der Waals surface area contributed by atoms with E-state index < -0.39 is 12.0 Å². The summed E-state index contributed by atoms with van der Waals surface area (Å²) in [5.41, 5.74) is 2.01. The van der Waals surface area contributed by atoms with Crippen molar-refractivity contribution in [1.82, 2.24) is 5.32 Å². The molecule has 0 aromatic heterocycles. The van der Waals surface area contributed by atoms with Gasteiger partial charge in [0.25, 0.3) is 5.91 Å². The molecule has 0 heterocycles. The Kier molecular flexibility index (Phi) is 2.44. The lowest BCUT2D eigenvalue weighted by atomic mass is 10.1. The second-order valence-electron chi connectivity index (χ2n) is 3.57. The molecule has 15 heavy (non-hydrogen) atoms. The standard InChI is InChI=1S/C12H11NO2/c1-2-11(15)13-12-9-6-4-3-5-8(9)7-10(12)14/h1,3-6,10,12,14H,7H2,(H,13,15)/t10-,12+/m1/s1. The Balaban J connectivity index is 2.27. The highest BCUT2D eigenvalue weighted by Crippen LogP contribution is 2.30. The predicted molar refractivity (Wildman–Crippen MR) is 55.9 cm³/mol. The fourth-order valence-corrected chi connectivity index (χ4v) is 1.93.